The molecule has 0 saturated carbocycles. The first-order valence-corrected chi connectivity index (χ1v) is 6.44. The van der Waals surface area contributed by atoms with Crippen LogP contribution in [0.5, 0.6) is 0 Å². The van der Waals surface area contributed by atoms with Gasteiger partial charge in [0.15, 0.2) is 5.89 Å². The summed E-state index contributed by atoms with van der Waals surface area (Å²) < 4.78 is 14.7. The number of aryl methyl sites for hydroxylation is 2. The van der Waals surface area contributed by atoms with Crippen LogP contribution in [0.4, 0.5) is 5.13 Å². The van der Waals surface area contributed by atoms with Gasteiger partial charge in [-0.1, -0.05) is 0 Å². The normalized spacial score (nSPS) is 10.8. The van der Waals surface area contributed by atoms with Crippen molar-refractivity contribution in [3.63, 3.8) is 0 Å². The van der Waals surface area contributed by atoms with Gasteiger partial charge in [0.25, 0.3) is 0 Å². The second-order valence-electron chi connectivity index (χ2n) is 3.85. The fourth-order valence-electron chi connectivity index (χ4n) is 1.51. The maximum Gasteiger partial charge on any atom is 0.202 e. The lowest BCUT2D eigenvalue weighted by molar-refractivity contribution is 0.201. The number of oxazole rings is 1. The minimum absolute atomic E-state index is 0.575. The van der Waals surface area contributed by atoms with Crippen LogP contribution in [0.25, 0.3) is 0 Å². The van der Waals surface area contributed by atoms with Gasteiger partial charge in [0.1, 0.15) is 11.6 Å². The third-order valence-corrected chi connectivity index (χ3v) is 3.11. The van der Waals surface area contributed by atoms with Crippen LogP contribution < -0.4 is 5.32 Å². The molecule has 1 N–H and O–H groups in total. The topological polar surface area (TPSA) is 73.1 Å². The van der Waals surface area contributed by atoms with E-state index in [1.807, 2.05) is 13.8 Å². The van der Waals surface area contributed by atoms with E-state index in [4.69, 9.17) is 9.15 Å². The summed E-state index contributed by atoms with van der Waals surface area (Å²) in [7, 11) is 1.67. The van der Waals surface area contributed by atoms with Crippen LogP contribution in [0.1, 0.15) is 23.2 Å². The molecule has 0 amide bonds. The molecule has 0 saturated heterocycles. The summed E-state index contributed by atoms with van der Waals surface area (Å²) in [4.78, 5) is 8.57. The van der Waals surface area contributed by atoms with Crippen molar-refractivity contribution in [2.75, 3.05) is 19.0 Å². The molecule has 18 heavy (non-hydrogen) atoms. The summed E-state index contributed by atoms with van der Waals surface area (Å²) in [5, 5.41) is 3.97. The largest absolute Gasteiger partial charge is 0.444 e. The van der Waals surface area contributed by atoms with E-state index < -0.39 is 0 Å². The number of nitrogens with zero attached hydrogens (tertiary/aromatic N) is 3. The number of ether oxygens (including phenoxy) is 1. The second-order valence-corrected chi connectivity index (χ2v) is 4.61. The van der Waals surface area contributed by atoms with Crippen LogP contribution in [0.3, 0.4) is 0 Å². The zero-order valence-corrected chi connectivity index (χ0v) is 11.5. The Labute approximate surface area is 110 Å². The van der Waals surface area contributed by atoms with E-state index in [1.165, 1.54) is 11.5 Å². The van der Waals surface area contributed by atoms with Gasteiger partial charge in [-0.3, -0.25) is 0 Å². The number of rotatable bonds is 6. The average molecular weight is 268 g/mol. The van der Waals surface area contributed by atoms with Crippen molar-refractivity contribution in [2.24, 2.45) is 0 Å². The summed E-state index contributed by atoms with van der Waals surface area (Å²) in [6.45, 7) is 4.98. The highest BCUT2D eigenvalue weighted by Crippen LogP contribution is 2.15. The van der Waals surface area contributed by atoms with Crippen molar-refractivity contribution in [3.05, 3.63) is 23.2 Å². The Morgan fingerprint density at radius 3 is 2.83 bits per heavy atom. The Balaban J connectivity index is 1.90. The predicted octanol–water partition coefficient (Wildman–Crippen LogP) is 1.94. The van der Waals surface area contributed by atoms with Crippen molar-refractivity contribution in [1.82, 2.24) is 14.3 Å². The van der Waals surface area contributed by atoms with Gasteiger partial charge in [0.05, 0.1) is 18.8 Å². The molecular weight excluding hydrogens is 252 g/mol. The first-order chi connectivity index (χ1) is 8.69. The molecule has 6 nitrogen and oxygen atoms in total. The van der Waals surface area contributed by atoms with Crippen LogP contribution in [0.2, 0.25) is 0 Å². The van der Waals surface area contributed by atoms with Crippen LogP contribution in [0, 0.1) is 13.8 Å². The lowest BCUT2D eigenvalue weighted by Gasteiger charge is -1.98. The third kappa shape index (κ3) is 3.27. The van der Waals surface area contributed by atoms with Crippen LogP contribution >= 0.6 is 11.5 Å². The van der Waals surface area contributed by atoms with E-state index >= 15 is 0 Å². The van der Waals surface area contributed by atoms with Crippen LogP contribution in [-0.4, -0.2) is 28.1 Å². The molecule has 0 bridgehead atoms. The van der Waals surface area contributed by atoms with Gasteiger partial charge in [-0.05, 0) is 6.92 Å². The van der Waals surface area contributed by atoms with Crippen molar-refractivity contribution in [2.45, 2.75) is 26.8 Å². The fraction of sp³-hybridized carbons (Fsp3) is 0.545. The zero-order chi connectivity index (χ0) is 13.0. The number of anilines is 1. The van der Waals surface area contributed by atoms with E-state index in [9.17, 15) is 0 Å². The maximum atomic E-state index is 5.47. The molecule has 2 rings (SSSR count). The predicted molar refractivity (Wildman–Crippen MR) is 68.8 cm³/mol. The van der Waals surface area contributed by atoms with Crippen molar-refractivity contribution < 1.29 is 9.15 Å². The van der Waals surface area contributed by atoms with Gasteiger partial charge in [0.2, 0.25) is 5.13 Å². The molecule has 2 aromatic heterocycles. The molecular formula is C11H16N4O2S. The lowest BCUT2D eigenvalue weighted by atomic mass is 10.4. The highest BCUT2D eigenvalue weighted by atomic mass is 32.1. The number of hydrogen-bond acceptors (Lipinski definition) is 7. The maximum absolute atomic E-state index is 5.47. The monoisotopic (exact) mass is 268 g/mol. The molecule has 7 heteroatoms. The minimum Gasteiger partial charge on any atom is -0.444 e. The van der Waals surface area contributed by atoms with Crippen LogP contribution in [0.15, 0.2) is 4.42 Å². The van der Waals surface area contributed by atoms with Crippen molar-refractivity contribution in [3.8, 4) is 0 Å². The van der Waals surface area contributed by atoms with Gasteiger partial charge in [-0.15, -0.1) is 0 Å². The fourth-order valence-corrected chi connectivity index (χ4v) is 2.12. The molecule has 0 aliphatic rings. The summed E-state index contributed by atoms with van der Waals surface area (Å²) in [6.07, 6.45) is 0.731. The Morgan fingerprint density at radius 1 is 1.33 bits per heavy atom. The SMILES string of the molecule is COCCc1nsc(NCc2oc(C)nc2C)n1. The van der Waals surface area contributed by atoms with E-state index in [0.717, 1.165) is 28.8 Å². The second kappa shape index (κ2) is 5.92. The summed E-state index contributed by atoms with van der Waals surface area (Å²) in [5.74, 6) is 2.32. The van der Waals surface area contributed by atoms with Gasteiger partial charge >= 0.3 is 0 Å². The number of hydrogen-bond donors (Lipinski definition) is 1. The Bertz CT molecular complexity index is 509. The van der Waals surface area contributed by atoms with Gasteiger partial charge < -0.3 is 14.5 Å². The molecule has 0 fully saturated rings. The number of methoxy groups -OCH3 is 1. The summed E-state index contributed by atoms with van der Waals surface area (Å²) in [5.41, 5.74) is 0.907. The van der Waals surface area contributed by atoms with Gasteiger partial charge in [-0.25, -0.2) is 9.97 Å². The highest BCUT2D eigenvalue weighted by Gasteiger charge is 2.08. The first-order valence-electron chi connectivity index (χ1n) is 5.67. The minimum atomic E-state index is 0.575. The van der Waals surface area contributed by atoms with Crippen molar-refractivity contribution >= 4 is 16.7 Å². The quantitative estimate of drug-likeness (QED) is 0.863. The molecule has 98 valence electrons. The number of aromatic nitrogens is 3. The highest BCUT2D eigenvalue weighted by molar-refractivity contribution is 7.09. The molecule has 2 heterocycles. The van der Waals surface area contributed by atoms with Crippen molar-refractivity contribution in [1.29, 1.82) is 0 Å². The van der Waals surface area contributed by atoms with E-state index in [0.29, 0.717) is 19.0 Å². The van der Waals surface area contributed by atoms with E-state index in [1.54, 1.807) is 7.11 Å². The molecule has 0 radical (unpaired) electrons. The smallest absolute Gasteiger partial charge is 0.202 e. The third-order valence-electron chi connectivity index (χ3n) is 2.40. The molecule has 0 atom stereocenters. The van der Waals surface area contributed by atoms with Gasteiger partial charge in [-0.2, -0.15) is 4.37 Å². The first kappa shape index (κ1) is 13.0. The zero-order valence-electron chi connectivity index (χ0n) is 10.7. The molecule has 0 aromatic carbocycles. The molecule has 0 spiro atoms. The van der Waals surface area contributed by atoms with E-state index in [-0.39, 0.29) is 0 Å². The van der Waals surface area contributed by atoms with Gasteiger partial charge in [0, 0.05) is 32.0 Å². The Kier molecular flexibility index (Phi) is 4.27. The number of nitrogens with one attached hydrogen (secondary N) is 1. The standard InChI is InChI=1S/C11H16N4O2S/c1-7-9(17-8(2)13-7)6-12-11-14-10(15-18-11)4-5-16-3/h4-6H2,1-3H3,(H,12,14,15). The average Bonchev–Trinajstić information content (AvgIpc) is 2.91. The molecule has 2 aromatic rings. The summed E-state index contributed by atoms with van der Waals surface area (Å²) in [6, 6.07) is 0. The molecule has 0 unspecified atom stereocenters. The van der Waals surface area contributed by atoms with E-state index in [2.05, 4.69) is 19.7 Å². The molecule has 0 aliphatic carbocycles. The Morgan fingerprint density at radius 2 is 2.17 bits per heavy atom. The Hall–Kier alpha value is -1.47. The summed E-state index contributed by atoms with van der Waals surface area (Å²) >= 11 is 1.34. The molecule has 0 aliphatic heterocycles. The lowest BCUT2D eigenvalue weighted by Crippen LogP contribution is -2.00. The van der Waals surface area contributed by atoms with Crippen LogP contribution in [-0.2, 0) is 17.7 Å².